The highest BCUT2D eigenvalue weighted by molar-refractivity contribution is 7.85. The summed E-state index contributed by atoms with van der Waals surface area (Å²) in [7, 11) is 0. The first-order valence-electron chi connectivity index (χ1n) is 0.894. The minimum Gasteiger partial charge on any atom is -0.185 e. The highest BCUT2D eigenvalue weighted by atomic mass is 32.1. The lowest BCUT2D eigenvalue weighted by Gasteiger charge is -1.14. The average molecular weight is 103 g/mol. The van der Waals surface area contributed by atoms with Crippen molar-refractivity contribution in [2.75, 3.05) is 0 Å². The van der Waals surface area contributed by atoms with E-state index in [-0.39, 0.29) is 0 Å². The van der Waals surface area contributed by atoms with Crippen LogP contribution in [0, 0.1) is 21.7 Å². The second-order valence-electron chi connectivity index (χ2n) is 0.212. The quantitative estimate of drug-likeness (QED) is 0.177. The first kappa shape index (κ1) is 8.94. The number of hydrogen-bond donors (Lipinski definition) is 3. The number of thiol groups is 1. The Hall–Kier alpha value is -0.850. The molecule has 0 aromatic carbocycles. The molecular formula is CH3N4S+. The van der Waals surface area contributed by atoms with Crippen LogP contribution in [0.3, 0.4) is 0 Å². The van der Waals surface area contributed by atoms with Gasteiger partial charge in [0, 0.05) is 0 Å². The van der Waals surface area contributed by atoms with E-state index in [0.29, 0.717) is 0 Å². The molecule has 0 amide bonds. The van der Waals surface area contributed by atoms with Crippen molar-refractivity contribution in [3.05, 3.63) is 0 Å². The lowest BCUT2D eigenvalue weighted by molar-refractivity contribution is 0.928. The van der Waals surface area contributed by atoms with Crippen LogP contribution >= 0.6 is 12.6 Å². The molecule has 0 heterocycles. The topological polar surface area (TPSA) is 85.6 Å². The van der Waals surface area contributed by atoms with Gasteiger partial charge in [-0.15, -0.1) is 0 Å². The fraction of sp³-hybridized carbons (Fsp3) is 0. The number of nitriles is 1. The molecule has 0 unspecified atom stereocenters. The van der Waals surface area contributed by atoms with Gasteiger partial charge in [-0.1, -0.05) is 12.6 Å². The summed E-state index contributed by atoms with van der Waals surface area (Å²) in [4.78, 5) is 2.00. The van der Waals surface area contributed by atoms with Gasteiger partial charge in [0.2, 0.25) is 4.91 Å². The van der Waals surface area contributed by atoms with Crippen LogP contribution in [0.15, 0.2) is 0 Å². The Balaban J connectivity index is 0. The van der Waals surface area contributed by atoms with Crippen LogP contribution in [-0.2, 0) is 0 Å². The molecule has 0 fully saturated rings. The van der Waals surface area contributed by atoms with Gasteiger partial charge in [0.15, 0.2) is 0 Å². The Bertz CT molecular complexity index is 74.0. The van der Waals surface area contributed by atoms with E-state index in [0.717, 1.165) is 0 Å². The predicted molar refractivity (Wildman–Crippen MR) is 22.2 cm³/mol. The monoisotopic (exact) mass is 103 g/mol. The van der Waals surface area contributed by atoms with E-state index in [9.17, 15) is 0 Å². The third-order valence-corrected chi connectivity index (χ3v) is 0. The van der Waals surface area contributed by atoms with Crippen molar-refractivity contribution >= 4 is 12.6 Å². The zero-order chi connectivity index (χ0) is 5.41. The van der Waals surface area contributed by atoms with Crippen LogP contribution < -0.4 is 4.91 Å². The first-order valence-corrected chi connectivity index (χ1v) is 1.34. The van der Waals surface area contributed by atoms with E-state index in [2.05, 4.69) is 12.6 Å². The summed E-state index contributed by atoms with van der Waals surface area (Å²) in [6.45, 7) is 0. The fourth-order valence-corrected chi connectivity index (χ4v) is 0. The summed E-state index contributed by atoms with van der Waals surface area (Å²) < 4.78 is 0. The Morgan fingerprint density at radius 3 is 1.67 bits per heavy atom. The minimum absolute atomic E-state index is 1.44. The Morgan fingerprint density at radius 1 is 1.67 bits per heavy atom. The van der Waals surface area contributed by atoms with Gasteiger partial charge in [-0.3, -0.25) is 0 Å². The van der Waals surface area contributed by atoms with E-state index >= 15 is 0 Å². The van der Waals surface area contributed by atoms with Gasteiger partial charge >= 0.3 is 0 Å². The molecule has 6 heavy (non-hydrogen) atoms. The molecular weight excluding hydrogens is 100 g/mol. The Labute approximate surface area is 40.2 Å². The van der Waals surface area contributed by atoms with E-state index < -0.39 is 0 Å². The molecule has 0 spiro atoms. The van der Waals surface area contributed by atoms with Gasteiger partial charge in [-0.05, 0) is 0 Å². The largest absolute Gasteiger partial charge is 0.211 e. The van der Waals surface area contributed by atoms with Crippen molar-refractivity contribution in [1.82, 2.24) is 4.91 Å². The molecule has 0 saturated heterocycles. The van der Waals surface area contributed by atoms with E-state index in [1.807, 2.05) is 4.91 Å². The molecule has 0 rings (SSSR count). The second-order valence-corrected chi connectivity index (χ2v) is 0.412. The standard InChI is InChI=1S/CHNS.H2N3/c2-1-3;1-3-2/h3H;1-2H/q;+1. The third-order valence-electron chi connectivity index (χ3n) is 0. The minimum atomic E-state index is 1.44. The van der Waals surface area contributed by atoms with Crippen LogP contribution in [-0.4, -0.2) is 0 Å². The third kappa shape index (κ3) is 20.2. The summed E-state index contributed by atoms with van der Waals surface area (Å²) >= 11 is 3.09. The Kier molecular flexibility index (Phi) is 46.4. The lowest BCUT2D eigenvalue weighted by Crippen LogP contribution is -1.24. The second kappa shape index (κ2) is 31.1. The molecule has 4 nitrogen and oxygen atoms in total. The number of hydrogen-bond acceptors (Lipinski definition) is 4. The zero-order valence-electron chi connectivity index (χ0n) is 2.84. The van der Waals surface area contributed by atoms with Crippen molar-refractivity contribution in [2.24, 2.45) is 0 Å². The van der Waals surface area contributed by atoms with Gasteiger partial charge in [-0.2, -0.15) is 5.26 Å². The van der Waals surface area contributed by atoms with Gasteiger partial charge in [0.05, 0.1) is 0 Å². The number of nitrogens with zero attached hydrogens (tertiary/aromatic N) is 2. The van der Waals surface area contributed by atoms with Crippen molar-refractivity contribution in [3.63, 3.8) is 0 Å². The van der Waals surface area contributed by atoms with Gasteiger partial charge in [0.1, 0.15) is 16.5 Å². The highest BCUT2D eigenvalue weighted by Gasteiger charge is 1.18. The molecule has 0 aliphatic heterocycles. The smallest absolute Gasteiger partial charge is 0.185 e. The summed E-state index contributed by atoms with van der Waals surface area (Å²) in [5, 5.41) is 8.63. The van der Waals surface area contributed by atoms with Crippen molar-refractivity contribution in [3.8, 4) is 5.40 Å². The molecule has 0 aromatic rings. The SMILES string of the molecule is N#CS.N=[N+]=N. The highest BCUT2D eigenvalue weighted by Crippen LogP contribution is 1.46. The lowest BCUT2D eigenvalue weighted by atomic mass is 11.8. The number of rotatable bonds is 0. The van der Waals surface area contributed by atoms with E-state index in [1.54, 1.807) is 0 Å². The normalized spacial score (nSPS) is 2.67. The van der Waals surface area contributed by atoms with E-state index in [4.69, 9.17) is 16.3 Å². The maximum Gasteiger partial charge on any atom is 0.211 e. The van der Waals surface area contributed by atoms with Gasteiger partial charge in [-0.25, -0.2) is 0 Å². The van der Waals surface area contributed by atoms with E-state index in [1.165, 1.54) is 5.40 Å². The van der Waals surface area contributed by atoms with Crippen LogP contribution in [0.2, 0.25) is 0 Å². The molecule has 0 aliphatic carbocycles. The average Bonchev–Trinajstić information content (AvgIpc) is 1.39. The fourth-order valence-electron chi connectivity index (χ4n) is 0. The van der Waals surface area contributed by atoms with Crippen molar-refractivity contribution in [2.45, 2.75) is 0 Å². The number of nitrogens with one attached hydrogen (secondary N) is 2. The molecule has 0 aliphatic rings. The maximum absolute atomic E-state index is 7.18. The summed E-state index contributed by atoms with van der Waals surface area (Å²) in [6, 6.07) is 0. The summed E-state index contributed by atoms with van der Waals surface area (Å²) in [5.74, 6) is 0. The van der Waals surface area contributed by atoms with Crippen molar-refractivity contribution in [1.29, 1.82) is 16.3 Å². The molecule has 0 radical (unpaired) electrons. The predicted octanol–water partition coefficient (Wildman–Crippen LogP) is 0.513. The van der Waals surface area contributed by atoms with Gasteiger partial charge < -0.3 is 0 Å². The van der Waals surface area contributed by atoms with Crippen LogP contribution in [0.25, 0.3) is 0 Å². The van der Waals surface area contributed by atoms with Crippen molar-refractivity contribution < 1.29 is 0 Å². The molecule has 2 N–H and O–H groups in total. The maximum atomic E-state index is 7.18. The molecule has 0 atom stereocenters. The molecule has 0 aromatic heterocycles. The van der Waals surface area contributed by atoms with Gasteiger partial charge in [0.25, 0.3) is 0 Å². The first-order chi connectivity index (χ1) is 2.83. The molecule has 5 heteroatoms. The molecule has 32 valence electrons. The Morgan fingerprint density at radius 2 is 1.67 bits per heavy atom. The summed E-state index contributed by atoms with van der Waals surface area (Å²) in [6.07, 6.45) is 0. The van der Waals surface area contributed by atoms with Crippen LogP contribution in [0.1, 0.15) is 0 Å². The van der Waals surface area contributed by atoms with Crippen LogP contribution in [0.5, 0.6) is 0 Å². The summed E-state index contributed by atoms with van der Waals surface area (Å²) in [5.41, 5.74) is 11.0. The molecule has 0 bridgehead atoms. The zero-order valence-corrected chi connectivity index (χ0v) is 3.74. The number of thiocyanates is 1. The van der Waals surface area contributed by atoms with Crippen LogP contribution in [0.4, 0.5) is 0 Å². The molecule has 0 saturated carbocycles.